The lowest BCUT2D eigenvalue weighted by Crippen LogP contribution is -2.19. The Labute approximate surface area is 114 Å². The van der Waals surface area contributed by atoms with Crippen molar-refractivity contribution in [3.8, 4) is 0 Å². The van der Waals surface area contributed by atoms with Crippen molar-refractivity contribution in [3.05, 3.63) is 64.1 Å². The topological polar surface area (TPSA) is 97.7 Å². The molecule has 0 saturated heterocycles. The number of nitro benzene ring substituents is 1. The van der Waals surface area contributed by atoms with Crippen LogP contribution >= 0.6 is 0 Å². The standard InChI is InChI=1S/C13H11N3O4/c1-9(12-3-2-8-20-12)14-15-13(17)10-4-6-11(7-5-10)16(18)19/h2-8H,1H3,(H,15,17)/b14-9-. The van der Waals surface area contributed by atoms with Crippen molar-refractivity contribution >= 4 is 17.3 Å². The van der Waals surface area contributed by atoms with Crippen molar-refractivity contribution in [3.63, 3.8) is 0 Å². The van der Waals surface area contributed by atoms with Crippen LogP contribution in [0.5, 0.6) is 0 Å². The molecule has 2 rings (SSSR count). The van der Waals surface area contributed by atoms with E-state index in [1.165, 1.54) is 30.5 Å². The van der Waals surface area contributed by atoms with Crippen LogP contribution in [0.4, 0.5) is 5.69 Å². The zero-order chi connectivity index (χ0) is 14.5. The second kappa shape index (κ2) is 5.79. The molecule has 0 spiro atoms. The summed E-state index contributed by atoms with van der Waals surface area (Å²) in [6, 6.07) is 8.69. The maximum Gasteiger partial charge on any atom is 0.271 e. The lowest BCUT2D eigenvalue weighted by atomic mass is 10.2. The number of hydrogen-bond donors (Lipinski definition) is 1. The molecule has 102 valence electrons. The molecule has 1 amide bonds. The molecule has 0 bridgehead atoms. The van der Waals surface area contributed by atoms with E-state index in [0.29, 0.717) is 11.5 Å². The molecule has 0 radical (unpaired) electrons. The molecule has 20 heavy (non-hydrogen) atoms. The fraction of sp³-hybridized carbons (Fsp3) is 0.0769. The van der Waals surface area contributed by atoms with E-state index in [0.717, 1.165) is 0 Å². The Balaban J connectivity index is 2.05. The molecule has 0 aliphatic carbocycles. The third-order valence-electron chi connectivity index (χ3n) is 2.54. The number of rotatable bonds is 4. The van der Waals surface area contributed by atoms with Gasteiger partial charge in [0, 0.05) is 17.7 Å². The summed E-state index contributed by atoms with van der Waals surface area (Å²) in [7, 11) is 0. The van der Waals surface area contributed by atoms with E-state index in [4.69, 9.17) is 4.42 Å². The maximum absolute atomic E-state index is 11.8. The van der Waals surface area contributed by atoms with Gasteiger partial charge in [0.05, 0.1) is 11.2 Å². The molecule has 0 fully saturated rings. The van der Waals surface area contributed by atoms with Crippen LogP contribution in [-0.4, -0.2) is 16.5 Å². The van der Waals surface area contributed by atoms with Crippen molar-refractivity contribution < 1.29 is 14.1 Å². The first kappa shape index (κ1) is 13.5. The molecule has 0 saturated carbocycles. The molecular weight excluding hydrogens is 262 g/mol. The Hall–Kier alpha value is -2.96. The molecule has 7 heteroatoms. The fourth-order valence-corrected chi connectivity index (χ4v) is 1.47. The number of benzene rings is 1. The SMILES string of the molecule is C/C(=N/NC(=O)c1ccc([N+](=O)[O-])cc1)c1ccco1. The van der Waals surface area contributed by atoms with Crippen LogP contribution in [0.25, 0.3) is 0 Å². The number of nitrogens with zero attached hydrogens (tertiary/aromatic N) is 2. The highest BCUT2D eigenvalue weighted by Crippen LogP contribution is 2.11. The summed E-state index contributed by atoms with van der Waals surface area (Å²) in [5.74, 6) is 0.0970. The number of hydrazone groups is 1. The van der Waals surface area contributed by atoms with Gasteiger partial charge in [-0.25, -0.2) is 5.43 Å². The lowest BCUT2D eigenvalue weighted by molar-refractivity contribution is -0.384. The fourth-order valence-electron chi connectivity index (χ4n) is 1.47. The van der Waals surface area contributed by atoms with E-state index < -0.39 is 10.8 Å². The van der Waals surface area contributed by atoms with E-state index in [1.807, 2.05) is 0 Å². The molecule has 0 unspecified atom stereocenters. The van der Waals surface area contributed by atoms with E-state index in [2.05, 4.69) is 10.5 Å². The minimum atomic E-state index is -0.527. The second-order valence-corrected chi connectivity index (χ2v) is 3.92. The summed E-state index contributed by atoms with van der Waals surface area (Å²) in [6.45, 7) is 1.69. The third kappa shape index (κ3) is 3.08. The molecular formula is C13H11N3O4. The Morgan fingerprint density at radius 3 is 2.55 bits per heavy atom. The van der Waals surface area contributed by atoms with Gasteiger partial charge in [-0.15, -0.1) is 0 Å². The first-order valence-electron chi connectivity index (χ1n) is 5.71. The Bertz CT molecular complexity index is 645. The van der Waals surface area contributed by atoms with Gasteiger partial charge in [0.1, 0.15) is 11.5 Å². The van der Waals surface area contributed by atoms with Crippen LogP contribution in [0, 0.1) is 10.1 Å². The van der Waals surface area contributed by atoms with Crippen molar-refractivity contribution in [1.29, 1.82) is 0 Å². The summed E-state index contributed by atoms with van der Waals surface area (Å²) in [4.78, 5) is 21.8. The molecule has 7 nitrogen and oxygen atoms in total. The second-order valence-electron chi connectivity index (χ2n) is 3.92. The van der Waals surface area contributed by atoms with Gasteiger partial charge >= 0.3 is 0 Å². The van der Waals surface area contributed by atoms with Crippen LogP contribution in [0.3, 0.4) is 0 Å². The summed E-state index contributed by atoms with van der Waals surface area (Å²) < 4.78 is 5.12. The van der Waals surface area contributed by atoms with Gasteiger partial charge in [0.15, 0.2) is 0 Å². The van der Waals surface area contributed by atoms with Crippen LogP contribution in [0.15, 0.2) is 52.2 Å². The zero-order valence-electron chi connectivity index (χ0n) is 10.6. The predicted octanol–water partition coefficient (Wildman–Crippen LogP) is 2.34. The number of hydrogen-bond acceptors (Lipinski definition) is 5. The number of carbonyl (C=O) groups excluding carboxylic acids is 1. The number of nitro groups is 1. The van der Waals surface area contributed by atoms with Crippen LogP contribution in [0.1, 0.15) is 23.0 Å². The van der Waals surface area contributed by atoms with Gasteiger partial charge in [-0.3, -0.25) is 14.9 Å². The van der Waals surface area contributed by atoms with Crippen molar-refractivity contribution in [2.24, 2.45) is 5.10 Å². The molecule has 0 aliphatic heterocycles. The molecule has 0 atom stereocenters. The monoisotopic (exact) mass is 273 g/mol. The normalized spacial score (nSPS) is 11.2. The summed E-state index contributed by atoms with van der Waals surface area (Å²) in [5, 5.41) is 14.4. The molecule has 0 aliphatic rings. The molecule has 1 N–H and O–H groups in total. The highest BCUT2D eigenvalue weighted by molar-refractivity contribution is 5.99. The Kier molecular flexibility index (Phi) is 3.90. The van der Waals surface area contributed by atoms with Crippen LogP contribution < -0.4 is 5.43 Å². The summed E-state index contributed by atoms with van der Waals surface area (Å²) >= 11 is 0. The van der Waals surface area contributed by atoms with Gasteiger partial charge < -0.3 is 4.42 Å². The quantitative estimate of drug-likeness (QED) is 0.525. The first-order valence-corrected chi connectivity index (χ1v) is 5.71. The average molecular weight is 273 g/mol. The van der Waals surface area contributed by atoms with Gasteiger partial charge in [0.25, 0.3) is 11.6 Å². The van der Waals surface area contributed by atoms with Gasteiger partial charge in [-0.2, -0.15) is 5.10 Å². The van der Waals surface area contributed by atoms with Crippen LogP contribution in [-0.2, 0) is 0 Å². The zero-order valence-corrected chi connectivity index (χ0v) is 10.6. The highest BCUT2D eigenvalue weighted by Gasteiger charge is 2.09. The minimum absolute atomic E-state index is 0.0724. The molecule has 2 aromatic rings. The predicted molar refractivity (Wildman–Crippen MR) is 71.5 cm³/mol. The Morgan fingerprint density at radius 1 is 1.30 bits per heavy atom. The van der Waals surface area contributed by atoms with E-state index >= 15 is 0 Å². The van der Waals surface area contributed by atoms with Crippen molar-refractivity contribution in [2.45, 2.75) is 6.92 Å². The first-order chi connectivity index (χ1) is 9.58. The summed E-state index contributed by atoms with van der Waals surface area (Å²) in [6.07, 6.45) is 1.51. The largest absolute Gasteiger partial charge is 0.463 e. The lowest BCUT2D eigenvalue weighted by Gasteiger charge is -2.01. The summed E-state index contributed by atoms with van der Waals surface area (Å²) in [5.41, 5.74) is 3.09. The number of nitrogens with one attached hydrogen (secondary N) is 1. The molecule has 1 aromatic carbocycles. The highest BCUT2D eigenvalue weighted by atomic mass is 16.6. The number of non-ortho nitro benzene ring substituents is 1. The van der Waals surface area contributed by atoms with E-state index in [9.17, 15) is 14.9 Å². The maximum atomic E-state index is 11.8. The molecule has 1 heterocycles. The Morgan fingerprint density at radius 2 is 2.00 bits per heavy atom. The number of amides is 1. The van der Waals surface area contributed by atoms with Crippen molar-refractivity contribution in [2.75, 3.05) is 0 Å². The van der Waals surface area contributed by atoms with Gasteiger partial charge in [-0.05, 0) is 31.2 Å². The van der Waals surface area contributed by atoms with E-state index in [-0.39, 0.29) is 11.3 Å². The third-order valence-corrected chi connectivity index (χ3v) is 2.54. The van der Waals surface area contributed by atoms with Crippen LogP contribution in [0.2, 0.25) is 0 Å². The number of furan rings is 1. The van der Waals surface area contributed by atoms with Gasteiger partial charge in [0.2, 0.25) is 0 Å². The smallest absolute Gasteiger partial charge is 0.271 e. The van der Waals surface area contributed by atoms with E-state index in [1.54, 1.807) is 19.1 Å². The van der Waals surface area contributed by atoms with Gasteiger partial charge in [-0.1, -0.05) is 0 Å². The average Bonchev–Trinajstić information content (AvgIpc) is 2.98. The molecule has 1 aromatic heterocycles. The minimum Gasteiger partial charge on any atom is -0.463 e. The number of carbonyl (C=O) groups is 1. The van der Waals surface area contributed by atoms with Crippen molar-refractivity contribution in [1.82, 2.24) is 5.43 Å².